The summed E-state index contributed by atoms with van der Waals surface area (Å²) in [7, 11) is 0. The lowest BCUT2D eigenvalue weighted by Crippen LogP contribution is -1.90. The Morgan fingerprint density at radius 1 is 1.57 bits per heavy atom. The third-order valence-corrected chi connectivity index (χ3v) is 0.634. The molecule has 0 rings (SSSR count). The van der Waals surface area contributed by atoms with E-state index in [1.54, 1.807) is 0 Å². The van der Waals surface area contributed by atoms with Gasteiger partial charge in [0.05, 0.1) is 6.61 Å². The zero-order valence-corrected chi connectivity index (χ0v) is 4.39. The fraction of sp³-hybridized carbons (Fsp3) is 1.00. The van der Waals surface area contributed by atoms with Crippen LogP contribution in [0.25, 0.3) is 0 Å². The second-order valence-electron chi connectivity index (χ2n) is 1.25. The van der Waals surface area contributed by atoms with E-state index in [-0.39, 0.29) is 0 Å². The Morgan fingerprint density at radius 3 is 2.71 bits per heavy atom. The predicted octanol–water partition coefficient (Wildman–Crippen LogP) is 1.21. The van der Waals surface area contributed by atoms with Crippen molar-refractivity contribution in [3.63, 3.8) is 0 Å². The van der Waals surface area contributed by atoms with Crippen LogP contribution in [0.5, 0.6) is 0 Å². The van der Waals surface area contributed by atoms with E-state index in [1.807, 2.05) is 6.92 Å². The maximum atomic E-state index is 7.57. The number of hydrogen-bond acceptors (Lipinski definition) is 3. The molecule has 0 atom stereocenters. The van der Waals surface area contributed by atoms with Gasteiger partial charge in [-0.2, -0.15) is 0 Å². The summed E-state index contributed by atoms with van der Waals surface area (Å²) >= 11 is 0. The summed E-state index contributed by atoms with van der Waals surface area (Å²) < 4.78 is 0. The van der Waals surface area contributed by atoms with E-state index < -0.39 is 0 Å². The minimum Gasteiger partial charge on any atom is -0.221 e. The molecule has 7 heavy (non-hydrogen) atoms. The van der Waals surface area contributed by atoms with Gasteiger partial charge < -0.3 is 0 Å². The van der Waals surface area contributed by atoms with Crippen molar-refractivity contribution in [1.29, 1.82) is 0 Å². The smallest absolute Gasteiger partial charge is 0.0853 e. The van der Waals surface area contributed by atoms with Crippen LogP contribution in [-0.4, -0.2) is 11.9 Å². The molecule has 0 aliphatic heterocycles. The summed E-state index contributed by atoms with van der Waals surface area (Å²) in [6.45, 7) is 2.49. The topological polar surface area (TPSA) is 38.7 Å². The molecule has 0 aromatic carbocycles. The van der Waals surface area contributed by atoms with Crippen molar-refractivity contribution in [3.8, 4) is 0 Å². The van der Waals surface area contributed by atoms with E-state index in [0.717, 1.165) is 12.8 Å². The van der Waals surface area contributed by atoms with Crippen LogP contribution < -0.4 is 0 Å². The molecule has 0 bridgehead atoms. The summed E-state index contributed by atoms with van der Waals surface area (Å²) in [4.78, 5) is 4.13. The molecule has 0 heterocycles. The van der Waals surface area contributed by atoms with Gasteiger partial charge in [-0.05, 0) is 6.42 Å². The van der Waals surface area contributed by atoms with Crippen molar-refractivity contribution >= 4 is 0 Å². The molecule has 3 heteroatoms. The van der Waals surface area contributed by atoms with Gasteiger partial charge in [0, 0.05) is 0 Å². The van der Waals surface area contributed by atoms with Gasteiger partial charge in [-0.3, -0.25) is 0 Å². The zero-order valence-electron chi connectivity index (χ0n) is 4.39. The first-order chi connectivity index (χ1) is 3.41. The van der Waals surface area contributed by atoms with Crippen LogP contribution in [0, 0.1) is 0 Å². The summed E-state index contributed by atoms with van der Waals surface area (Å²) in [5.74, 6) is 0. The van der Waals surface area contributed by atoms with Crippen LogP contribution in [0.15, 0.2) is 0 Å². The van der Waals surface area contributed by atoms with Crippen molar-refractivity contribution < 1.29 is 15.2 Å². The molecular formula is C4H10O3. The highest BCUT2D eigenvalue weighted by Crippen LogP contribution is 1.85. The maximum Gasteiger partial charge on any atom is 0.0853 e. The van der Waals surface area contributed by atoms with Crippen LogP contribution in [0.2, 0.25) is 0 Å². The van der Waals surface area contributed by atoms with Crippen LogP contribution in [-0.2, 0) is 9.93 Å². The largest absolute Gasteiger partial charge is 0.221 e. The Labute approximate surface area is 42.7 Å². The number of unbranched alkanes of at least 4 members (excludes halogenated alkanes) is 1. The van der Waals surface area contributed by atoms with E-state index in [4.69, 9.17) is 5.26 Å². The SMILES string of the molecule is CCCCOOO. The van der Waals surface area contributed by atoms with Crippen LogP contribution in [0.4, 0.5) is 0 Å². The van der Waals surface area contributed by atoms with Gasteiger partial charge in [-0.1, -0.05) is 18.4 Å². The van der Waals surface area contributed by atoms with Crippen molar-refractivity contribution in [2.45, 2.75) is 19.8 Å². The third kappa shape index (κ3) is 5.88. The summed E-state index contributed by atoms with van der Waals surface area (Å²) in [5.41, 5.74) is 0. The molecule has 0 aromatic heterocycles. The fourth-order valence-corrected chi connectivity index (χ4v) is 0.241. The van der Waals surface area contributed by atoms with Gasteiger partial charge in [0.15, 0.2) is 0 Å². The highest BCUT2D eigenvalue weighted by atomic mass is 17.5. The van der Waals surface area contributed by atoms with Gasteiger partial charge in [-0.15, -0.1) is 0 Å². The molecule has 0 saturated heterocycles. The average molecular weight is 106 g/mol. The highest BCUT2D eigenvalue weighted by molar-refractivity contribution is 4.25. The lowest BCUT2D eigenvalue weighted by atomic mass is 10.4. The van der Waals surface area contributed by atoms with Crippen LogP contribution in [0.3, 0.4) is 0 Å². The highest BCUT2D eigenvalue weighted by Gasteiger charge is 1.80. The van der Waals surface area contributed by atoms with Gasteiger partial charge in [0.2, 0.25) is 0 Å². The van der Waals surface area contributed by atoms with Gasteiger partial charge in [0.1, 0.15) is 0 Å². The Balaban J connectivity index is 2.45. The van der Waals surface area contributed by atoms with Crippen molar-refractivity contribution in [3.05, 3.63) is 0 Å². The van der Waals surface area contributed by atoms with E-state index >= 15 is 0 Å². The minimum atomic E-state index is 0.465. The van der Waals surface area contributed by atoms with E-state index in [9.17, 15) is 0 Å². The number of rotatable bonds is 4. The van der Waals surface area contributed by atoms with Gasteiger partial charge >= 0.3 is 0 Å². The Hall–Kier alpha value is -0.120. The lowest BCUT2D eigenvalue weighted by Gasteiger charge is -1.91. The molecule has 0 aromatic rings. The maximum absolute atomic E-state index is 7.57. The van der Waals surface area contributed by atoms with E-state index in [0.29, 0.717) is 6.61 Å². The van der Waals surface area contributed by atoms with Gasteiger partial charge in [0.25, 0.3) is 0 Å². The molecule has 1 N–H and O–H groups in total. The van der Waals surface area contributed by atoms with Crippen molar-refractivity contribution in [1.82, 2.24) is 0 Å². The summed E-state index contributed by atoms with van der Waals surface area (Å²) in [6.07, 6.45) is 1.96. The second kappa shape index (κ2) is 5.88. The molecule has 0 fully saturated rings. The Kier molecular flexibility index (Phi) is 5.78. The quantitative estimate of drug-likeness (QED) is 0.332. The second-order valence-corrected chi connectivity index (χ2v) is 1.25. The lowest BCUT2D eigenvalue weighted by molar-refractivity contribution is -0.490. The first-order valence-electron chi connectivity index (χ1n) is 2.35. The summed E-state index contributed by atoms with van der Waals surface area (Å²) in [5, 5.41) is 10.9. The predicted molar refractivity (Wildman–Crippen MR) is 24.6 cm³/mol. The minimum absolute atomic E-state index is 0.465. The molecule has 3 nitrogen and oxygen atoms in total. The molecule has 0 spiro atoms. The number of hydrogen-bond donors (Lipinski definition) is 1. The molecule has 44 valence electrons. The van der Waals surface area contributed by atoms with Gasteiger partial charge in [-0.25, -0.2) is 10.1 Å². The Morgan fingerprint density at radius 2 is 2.29 bits per heavy atom. The van der Waals surface area contributed by atoms with Crippen molar-refractivity contribution in [2.24, 2.45) is 0 Å². The zero-order chi connectivity index (χ0) is 5.54. The van der Waals surface area contributed by atoms with Crippen LogP contribution >= 0.6 is 0 Å². The molecule has 0 radical (unpaired) electrons. The van der Waals surface area contributed by atoms with Crippen LogP contribution in [0.1, 0.15) is 19.8 Å². The first-order valence-corrected chi connectivity index (χ1v) is 2.35. The van der Waals surface area contributed by atoms with E-state index in [1.165, 1.54) is 0 Å². The Bertz CT molecular complexity index is 26.1. The molecule has 0 aliphatic carbocycles. The molecule has 0 unspecified atom stereocenters. The normalized spacial score (nSPS) is 9.43. The van der Waals surface area contributed by atoms with E-state index in [2.05, 4.69) is 9.93 Å². The molecule has 0 amide bonds. The fourth-order valence-electron chi connectivity index (χ4n) is 0.241. The van der Waals surface area contributed by atoms with Crippen molar-refractivity contribution in [2.75, 3.05) is 6.61 Å². The average Bonchev–Trinajstić information content (AvgIpc) is 1.69. The molecular weight excluding hydrogens is 96.0 g/mol. The molecule has 0 saturated carbocycles. The monoisotopic (exact) mass is 106 g/mol. The molecule has 0 aliphatic rings. The standard InChI is InChI=1S/C4H10O3/c1-2-3-4-6-7-5/h5H,2-4H2,1H3. The third-order valence-electron chi connectivity index (χ3n) is 0.634. The summed E-state index contributed by atoms with van der Waals surface area (Å²) in [6, 6.07) is 0. The first kappa shape index (κ1) is 6.88.